The molecule has 1 amide bonds. The Kier molecular flexibility index (Phi) is 7.98. The van der Waals surface area contributed by atoms with Crippen LogP contribution in [-0.4, -0.2) is 44.7 Å². The molecule has 1 rings (SSSR count). The Morgan fingerprint density at radius 1 is 1.06 bits per heavy atom. The lowest BCUT2D eigenvalue weighted by Gasteiger charge is -2.28. The molecule has 8 nitrogen and oxygen atoms in total. The largest absolute Gasteiger partial charge is 0.534 e. The van der Waals surface area contributed by atoms with E-state index in [1.165, 1.54) is 13.8 Å². The molecule has 2 atom stereocenters. The number of carbonyl (C=O) groups is 2. The molecule has 0 radical (unpaired) electrons. The van der Waals surface area contributed by atoms with Gasteiger partial charge < -0.3 is 19.0 Å². The SMILES string of the molecule is COC(=O)[C@@H](NC(=O)OC(C)(C)C)[C@H](C)c1c(C)cc(OS(=O)(=O)C(F)(F)F)cc1C. The van der Waals surface area contributed by atoms with Gasteiger partial charge in [0.25, 0.3) is 0 Å². The van der Waals surface area contributed by atoms with Gasteiger partial charge in [0, 0.05) is 5.92 Å². The number of halogens is 3. The van der Waals surface area contributed by atoms with Gasteiger partial charge >= 0.3 is 27.7 Å². The predicted octanol–water partition coefficient (Wildman–Crippen LogP) is 3.70. The van der Waals surface area contributed by atoms with Gasteiger partial charge in [-0.2, -0.15) is 21.6 Å². The van der Waals surface area contributed by atoms with Gasteiger partial charge in [-0.05, 0) is 63.4 Å². The number of nitrogens with one attached hydrogen (secondary N) is 1. The maximum atomic E-state index is 12.6. The summed E-state index contributed by atoms with van der Waals surface area (Å²) in [6.07, 6.45) is -0.860. The fourth-order valence-electron chi connectivity index (χ4n) is 2.99. The third-order valence-electron chi connectivity index (χ3n) is 4.14. The van der Waals surface area contributed by atoms with Gasteiger partial charge in [-0.3, -0.25) is 0 Å². The molecule has 0 aliphatic rings. The number of methoxy groups -OCH3 is 1. The lowest BCUT2D eigenvalue weighted by Crippen LogP contribution is -2.47. The van der Waals surface area contributed by atoms with Crippen LogP contribution < -0.4 is 9.50 Å². The summed E-state index contributed by atoms with van der Waals surface area (Å²) in [4.78, 5) is 24.5. The van der Waals surface area contributed by atoms with Gasteiger partial charge in [-0.25, -0.2) is 9.59 Å². The second-order valence-electron chi connectivity index (χ2n) is 7.89. The van der Waals surface area contributed by atoms with E-state index in [4.69, 9.17) is 9.47 Å². The fraction of sp³-hybridized carbons (Fsp3) is 0.579. The molecule has 0 saturated carbocycles. The Morgan fingerprint density at radius 2 is 1.55 bits per heavy atom. The molecular weight excluding hydrogens is 443 g/mol. The summed E-state index contributed by atoms with van der Waals surface area (Å²) in [6, 6.07) is 1.02. The van der Waals surface area contributed by atoms with Gasteiger partial charge in [0.1, 0.15) is 17.4 Å². The van der Waals surface area contributed by atoms with Crippen molar-refractivity contribution in [1.82, 2.24) is 5.32 Å². The van der Waals surface area contributed by atoms with E-state index in [9.17, 15) is 31.2 Å². The third kappa shape index (κ3) is 7.01. The Hall–Kier alpha value is -2.50. The summed E-state index contributed by atoms with van der Waals surface area (Å²) < 4.78 is 74.4. The van der Waals surface area contributed by atoms with E-state index in [0.29, 0.717) is 16.7 Å². The van der Waals surface area contributed by atoms with Crippen LogP contribution in [0.1, 0.15) is 50.3 Å². The van der Waals surface area contributed by atoms with E-state index < -0.39 is 51.0 Å². The summed E-state index contributed by atoms with van der Waals surface area (Å²) in [5.41, 5.74) is -5.21. The van der Waals surface area contributed by atoms with Crippen molar-refractivity contribution in [1.29, 1.82) is 0 Å². The highest BCUT2D eigenvalue weighted by Crippen LogP contribution is 2.33. The number of rotatable bonds is 6. The first kappa shape index (κ1) is 26.5. The number of alkyl carbamates (subject to hydrolysis) is 1. The van der Waals surface area contributed by atoms with Crippen molar-refractivity contribution in [2.75, 3.05) is 7.11 Å². The molecule has 1 aromatic rings. The maximum absolute atomic E-state index is 12.6. The second kappa shape index (κ2) is 9.33. The number of alkyl halides is 3. The molecule has 0 aliphatic carbocycles. The van der Waals surface area contributed by atoms with E-state index in [1.807, 2.05) is 0 Å². The molecule has 0 aliphatic heterocycles. The smallest absolute Gasteiger partial charge is 0.467 e. The number of carbonyl (C=O) groups excluding carboxylic acids is 2. The highest BCUT2D eigenvalue weighted by molar-refractivity contribution is 7.88. The minimum Gasteiger partial charge on any atom is -0.467 e. The molecular formula is C19H26F3NO7S. The van der Waals surface area contributed by atoms with Gasteiger partial charge in [-0.15, -0.1) is 0 Å². The number of hydrogen-bond acceptors (Lipinski definition) is 7. The summed E-state index contributed by atoms with van der Waals surface area (Å²) in [5.74, 6) is -2.00. The number of hydrogen-bond donors (Lipinski definition) is 1. The zero-order valence-corrected chi connectivity index (χ0v) is 19.0. The lowest BCUT2D eigenvalue weighted by molar-refractivity contribution is -0.143. The Balaban J connectivity index is 3.28. The van der Waals surface area contributed by atoms with Crippen LogP contribution in [0.5, 0.6) is 5.75 Å². The van der Waals surface area contributed by atoms with Gasteiger partial charge in [0.2, 0.25) is 0 Å². The van der Waals surface area contributed by atoms with Gasteiger partial charge in [0.05, 0.1) is 7.11 Å². The van der Waals surface area contributed by atoms with Gasteiger partial charge in [-0.1, -0.05) is 6.92 Å². The summed E-state index contributed by atoms with van der Waals surface area (Å²) in [5, 5.41) is 2.44. The predicted molar refractivity (Wildman–Crippen MR) is 105 cm³/mol. The zero-order valence-electron chi connectivity index (χ0n) is 18.2. The van der Waals surface area contributed by atoms with Crippen LogP contribution in [-0.2, 0) is 24.4 Å². The quantitative estimate of drug-likeness (QED) is 0.384. The van der Waals surface area contributed by atoms with Crippen LogP contribution in [0.4, 0.5) is 18.0 Å². The van der Waals surface area contributed by atoms with Crippen LogP contribution in [0.25, 0.3) is 0 Å². The van der Waals surface area contributed by atoms with Crippen molar-refractivity contribution in [2.24, 2.45) is 0 Å². The standard InChI is InChI=1S/C19H26F3NO7S/c1-10-8-13(30-31(26,27)19(20,21)22)9-11(2)14(10)12(3)15(16(24)28-7)23-17(25)29-18(4,5)6/h8-9,12,15H,1-7H3,(H,23,25)/t12-,15+/m1/s1. The van der Waals surface area contributed by atoms with Crippen molar-refractivity contribution in [3.8, 4) is 5.75 Å². The minimum absolute atomic E-state index is 0.347. The summed E-state index contributed by atoms with van der Waals surface area (Å²) in [7, 11) is -4.70. The minimum atomic E-state index is -5.83. The normalized spacial score (nSPS) is 14.4. The van der Waals surface area contributed by atoms with E-state index >= 15 is 0 Å². The monoisotopic (exact) mass is 469 g/mol. The molecule has 31 heavy (non-hydrogen) atoms. The van der Waals surface area contributed by atoms with E-state index in [1.54, 1.807) is 27.7 Å². The number of esters is 1. The number of amides is 1. The molecule has 12 heteroatoms. The van der Waals surface area contributed by atoms with Crippen molar-refractivity contribution in [3.05, 3.63) is 28.8 Å². The Labute approximate surface area is 179 Å². The molecule has 0 fully saturated rings. The Bertz CT molecular complexity index is 914. The molecule has 0 spiro atoms. The Morgan fingerprint density at radius 3 is 1.94 bits per heavy atom. The molecule has 176 valence electrons. The van der Waals surface area contributed by atoms with E-state index in [2.05, 4.69) is 9.50 Å². The average molecular weight is 469 g/mol. The molecule has 1 N–H and O–H groups in total. The third-order valence-corrected chi connectivity index (χ3v) is 5.12. The number of benzene rings is 1. The summed E-state index contributed by atoms with van der Waals surface area (Å²) >= 11 is 0. The first-order valence-corrected chi connectivity index (χ1v) is 10.5. The highest BCUT2D eigenvalue weighted by atomic mass is 32.2. The van der Waals surface area contributed by atoms with Crippen molar-refractivity contribution in [3.63, 3.8) is 0 Å². The number of aryl methyl sites for hydroxylation is 2. The first-order chi connectivity index (χ1) is 13.9. The van der Waals surface area contributed by atoms with Gasteiger partial charge in [0.15, 0.2) is 0 Å². The van der Waals surface area contributed by atoms with Crippen LogP contribution in [0, 0.1) is 13.8 Å². The topological polar surface area (TPSA) is 108 Å². The van der Waals surface area contributed by atoms with Crippen molar-refractivity contribution < 1.29 is 44.8 Å². The average Bonchev–Trinajstić information content (AvgIpc) is 2.55. The summed E-state index contributed by atoms with van der Waals surface area (Å²) in [6.45, 7) is 9.55. The first-order valence-electron chi connectivity index (χ1n) is 9.09. The van der Waals surface area contributed by atoms with Crippen LogP contribution in [0.3, 0.4) is 0 Å². The molecule has 0 saturated heterocycles. The van der Waals surface area contributed by atoms with Crippen LogP contribution >= 0.6 is 0 Å². The van der Waals surface area contributed by atoms with E-state index in [0.717, 1.165) is 19.2 Å². The maximum Gasteiger partial charge on any atom is 0.534 e. The highest BCUT2D eigenvalue weighted by Gasteiger charge is 2.48. The lowest BCUT2D eigenvalue weighted by atomic mass is 9.86. The number of ether oxygens (including phenoxy) is 2. The molecule has 1 aromatic carbocycles. The molecule has 0 heterocycles. The van der Waals surface area contributed by atoms with Crippen molar-refractivity contribution >= 4 is 22.2 Å². The molecule has 0 aromatic heterocycles. The molecule has 0 unspecified atom stereocenters. The molecule has 0 bridgehead atoms. The zero-order chi connectivity index (χ0) is 24.4. The van der Waals surface area contributed by atoms with Crippen molar-refractivity contribution in [2.45, 2.75) is 64.6 Å². The van der Waals surface area contributed by atoms with E-state index in [-0.39, 0.29) is 0 Å². The van der Waals surface area contributed by atoms with Crippen LogP contribution in [0.2, 0.25) is 0 Å². The van der Waals surface area contributed by atoms with Crippen LogP contribution in [0.15, 0.2) is 12.1 Å². The fourth-order valence-corrected chi connectivity index (χ4v) is 3.44. The second-order valence-corrected chi connectivity index (χ2v) is 9.43.